The highest BCUT2D eigenvalue weighted by molar-refractivity contribution is 9.10. The van der Waals surface area contributed by atoms with Crippen molar-refractivity contribution in [2.24, 2.45) is 0 Å². The summed E-state index contributed by atoms with van der Waals surface area (Å²) in [6, 6.07) is 1.04. The highest BCUT2D eigenvalue weighted by Crippen LogP contribution is 2.36. The number of rotatable bonds is 1. The van der Waals surface area contributed by atoms with Gasteiger partial charge in [-0.3, -0.25) is 0 Å². The van der Waals surface area contributed by atoms with Crippen LogP contribution in [0.25, 0.3) is 0 Å². The number of carboxylic acid groups (broad SMARTS) is 1. The second kappa shape index (κ2) is 3.68. The largest absolute Gasteiger partial charge is 0.867 e. The number of thioether (sulfide) groups is 1. The van der Waals surface area contributed by atoms with Gasteiger partial charge in [0.2, 0.25) is 5.03 Å². The van der Waals surface area contributed by atoms with Gasteiger partial charge in [-0.2, -0.15) is 4.57 Å². The number of pyridine rings is 1. The molecule has 1 aliphatic heterocycles. The summed E-state index contributed by atoms with van der Waals surface area (Å²) in [6.07, 6.45) is 0. The number of halogens is 1. The highest BCUT2D eigenvalue weighted by atomic mass is 79.9. The van der Waals surface area contributed by atoms with Gasteiger partial charge in [0.15, 0.2) is 5.69 Å². The van der Waals surface area contributed by atoms with E-state index >= 15 is 0 Å². The smallest absolute Gasteiger partial charge is 0.374 e. The average molecular weight is 290 g/mol. The van der Waals surface area contributed by atoms with Crippen LogP contribution in [0.3, 0.4) is 0 Å². The minimum Gasteiger partial charge on any atom is -0.867 e. The first-order valence-electron chi connectivity index (χ1n) is 4.29. The molecule has 0 aromatic carbocycles. The third-order valence-electron chi connectivity index (χ3n) is 2.32. The minimum absolute atomic E-state index is 0.130. The molecule has 80 valence electrons. The number of aliphatic carboxylic acids is 1. The van der Waals surface area contributed by atoms with Gasteiger partial charge in [0, 0.05) is 17.5 Å². The van der Waals surface area contributed by atoms with Gasteiger partial charge in [-0.25, -0.2) is 4.79 Å². The van der Waals surface area contributed by atoms with Crippen molar-refractivity contribution < 1.29 is 19.6 Å². The molecule has 6 heteroatoms. The molecule has 0 amide bonds. The van der Waals surface area contributed by atoms with E-state index in [1.54, 1.807) is 17.6 Å². The molecule has 0 aliphatic carbocycles. The van der Waals surface area contributed by atoms with E-state index in [9.17, 15) is 9.90 Å². The van der Waals surface area contributed by atoms with E-state index in [1.807, 2.05) is 0 Å². The standard InChI is InChI=1S/C9H8BrNO3S/c1-4-2-5(10)7(12)8-11(4)6(3-15-8)9(13)14/h2,6H,3H2,1H3,(H-,12,13,14). The van der Waals surface area contributed by atoms with Crippen LogP contribution >= 0.6 is 27.7 Å². The zero-order valence-electron chi connectivity index (χ0n) is 7.86. The molecule has 1 N–H and O–H groups in total. The summed E-state index contributed by atoms with van der Waals surface area (Å²) < 4.78 is 2.09. The zero-order valence-corrected chi connectivity index (χ0v) is 10.3. The van der Waals surface area contributed by atoms with E-state index in [2.05, 4.69) is 15.9 Å². The molecule has 0 saturated heterocycles. The predicted octanol–water partition coefficient (Wildman–Crippen LogP) is 0.850. The lowest BCUT2D eigenvalue weighted by Gasteiger charge is -2.11. The molecule has 4 nitrogen and oxygen atoms in total. The monoisotopic (exact) mass is 289 g/mol. The van der Waals surface area contributed by atoms with Crippen molar-refractivity contribution in [1.29, 1.82) is 0 Å². The van der Waals surface area contributed by atoms with Gasteiger partial charge in [0.1, 0.15) is 0 Å². The van der Waals surface area contributed by atoms with Crippen LogP contribution in [0, 0.1) is 6.92 Å². The first-order chi connectivity index (χ1) is 7.02. The maximum absolute atomic E-state index is 11.7. The molecule has 0 saturated carbocycles. The molecule has 1 atom stereocenters. The van der Waals surface area contributed by atoms with Gasteiger partial charge in [-0.1, -0.05) is 27.7 Å². The van der Waals surface area contributed by atoms with Gasteiger partial charge in [0.25, 0.3) is 6.04 Å². The number of aromatic nitrogens is 1. The molecule has 1 aliphatic rings. The molecule has 15 heavy (non-hydrogen) atoms. The van der Waals surface area contributed by atoms with Crippen molar-refractivity contribution in [2.45, 2.75) is 18.0 Å². The summed E-state index contributed by atoms with van der Waals surface area (Å²) >= 11 is 4.47. The molecular weight excluding hydrogens is 282 g/mol. The fraction of sp³-hybridized carbons (Fsp3) is 0.333. The molecule has 0 radical (unpaired) electrons. The van der Waals surface area contributed by atoms with Gasteiger partial charge in [-0.05, 0) is 5.75 Å². The summed E-state index contributed by atoms with van der Waals surface area (Å²) in [5, 5.41) is 21.2. The average Bonchev–Trinajstić information content (AvgIpc) is 2.58. The number of nitrogens with zero attached hydrogens (tertiary/aromatic N) is 1. The normalized spacial score (nSPS) is 18.9. The Kier molecular flexibility index (Phi) is 2.64. The fourth-order valence-electron chi connectivity index (χ4n) is 1.63. The van der Waals surface area contributed by atoms with Gasteiger partial charge in [-0.15, -0.1) is 0 Å². The Morgan fingerprint density at radius 2 is 2.47 bits per heavy atom. The Balaban J connectivity index is 2.63. The second-order valence-electron chi connectivity index (χ2n) is 3.30. The summed E-state index contributed by atoms with van der Waals surface area (Å²) in [6.45, 7) is 1.80. The van der Waals surface area contributed by atoms with Gasteiger partial charge in [0.05, 0.1) is 5.75 Å². The van der Waals surface area contributed by atoms with E-state index in [0.29, 0.717) is 15.3 Å². The maximum Gasteiger partial charge on any atom is 0.374 e. The van der Waals surface area contributed by atoms with E-state index in [1.165, 1.54) is 11.8 Å². The number of aryl methyl sites for hydroxylation is 1. The molecular formula is C9H8BrNO3S. The molecule has 1 aromatic heterocycles. The minimum atomic E-state index is -0.893. The van der Waals surface area contributed by atoms with Crippen LogP contribution in [-0.2, 0) is 4.79 Å². The lowest BCUT2D eigenvalue weighted by molar-refractivity contribution is -0.744. The number of carbonyl (C=O) groups is 1. The highest BCUT2D eigenvalue weighted by Gasteiger charge is 2.39. The lowest BCUT2D eigenvalue weighted by atomic mass is 10.2. The summed E-state index contributed by atoms with van der Waals surface area (Å²) in [4.78, 5) is 11.0. The van der Waals surface area contributed by atoms with E-state index in [0.717, 1.165) is 5.69 Å². The van der Waals surface area contributed by atoms with E-state index in [-0.39, 0.29) is 5.75 Å². The molecule has 1 unspecified atom stereocenters. The summed E-state index contributed by atoms with van der Waals surface area (Å²) in [5.41, 5.74) is 0.786. The fourth-order valence-corrected chi connectivity index (χ4v) is 3.54. The lowest BCUT2D eigenvalue weighted by Crippen LogP contribution is -2.46. The first-order valence-corrected chi connectivity index (χ1v) is 6.07. The first kappa shape index (κ1) is 10.8. The van der Waals surface area contributed by atoms with Crippen LogP contribution in [0.1, 0.15) is 11.7 Å². The van der Waals surface area contributed by atoms with Crippen molar-refractivity contribution in [3.8, 4) is 5.75 Å². The van der Waals surface area contributed by atoms with Crippen LogP contribution < -0.4 is 9.67 Å². The van der Waals surface area contributed by atoms with Crippen molar-refractivity contribution in [1.82, 2.24) is 0 Å². The Labute approximate surface area is 99.1 Å². The van der Waals surface area contributed by atoms with Crippen molar-refractivity contribution in [2.75, 3.05) is 5.75 Å². The van der Waals surface area contributed by atoms with Crippen molar-refractivity contribution in [3.05, 3.63) is 16.2 Å². The number of hydrogen-bond acceptors (Lipinski definition) is 3. The molecule has 0 bridgehead atoms. The quantitative estimate of drug-likeness (QED) is 0.779. The van der Waals surface area contributed by atoms with Crippen LogP contribution in [0.2, 0.25) is 0 Å². The Bertz CT molecular complexity index is 449. The third-order valence-corrected chi connectivity index (χ3v) is 4.05. The third kappa shape index (κ3) is 1.61. The SMILES string of the molecule is Cc1cc(Br)c([O-])c2[n+]1C(C(=O)O)CS2. The molecule has 1 aromatic rings. The number of carboxylic acids is 1. The second-order valence-corrected chi connectivity index (χ2v) is 5.17. The van der Waals surface area contributed by atoms with Crippen LogP contribution in [0.4, 0.5) is 0 Å². The molecule has 0 fully saturated rings. The van der Waals surface area contributed by atoms with Crippen LogP contribution in [0.5, 0.6) is 5.75 Å². The van der Waals surface area contributed by atoms with Gasteiger partial charge >= 0.3 is 5.97 Å². The predicted molar refractivity (Wildman–Crippen MR) is 55.9 cm³/mol. The Morgan fingerprint density at radius 3 is 3.07 bits per heavy atom. The van der Waals surface area contributed by atoms with Gasteiger partial charge < -0.3 is 10.2 Å². The molecule has 0 spiro atoms. The van der Waals surface area contributed by atoms with E-state index in [4.69, 9.17) is 5.11 Å². The Morgan fingerprint density at radius 1 is 1.80 bits per heavy atom. The number of fused-ring (bicyclic) bond motifs is 1. The topological polar surface area (TPSA) is 64.2 Å². The van der Waals surface area contributed by atoms with Crippen LogP contribution in [-0.4, -0.2) is 16.8 Å². The summed E-state index contributed by atoms with van der Waals surface area (Å²) in [5.74, 6) is -0.604. The van der Waals surface area contributed by atoms with Crippen molar-refractivity contribution >= 4 is 33.7 Å². The van der Waals surface area contributed by atoms with E-state index < -0.39 is 12.0 Å². The number of hydrogen-bond donors (Lipinski definition) is 1. The molecule has 2 heterocycles. The molecule has 2 rings (SSSR count). The van der Waals surface area contributed by atoms with Crippen LogP contribution in [0.15, 0.2) is 15.6 Å². The maximum atomic E-state index is 11.7. The Hall–Kier alpha value is -0.750. The summed E-state index contributed by atoms with van der Waals surface area (Å²) in [7, 11) is 0. The zero-order chi connectivity index (χ0) is 11.2. The van der Waals surface area contributed by atoms with Crippen molar-refractivity contribution in [3.63, 3.8) is 0 Å².